The Kier molecular flexibility index (Phi) is 2.96. The van der Waals surface area contributed by atoms with Crippen LogP contribution in [0, 0.1) is 5.82 Å². The summed E-state index contributed by atoms with van der Waals surface area (Å²) in [5, 5.41) is 8.17. The van der Waals surface area contributed by atoms with Crippen LogP contribution in [0.4, 0.5) is 17.6 Å². The highest BCUT2D eigenvalue weighted by molar-refractivity contribution is 6.30. The number of aromatic nitrogens is 1. The van der Waals surface area contributed by atoms with Crippen LogP contribution in [0.15, 0.2) is 12.3 Å². The highest BCUT2D eigenvalue weighted by atomic mass is 35.5. The number of nitrogens with zero attached hydrogens (tertiary/aromatic N) is 1. The Morgan fingerprint density at radius 1 is 1.43 bits per heavy atom. The van der Waals surface area contributed by atoms with Gasteiger partial charge in [-0.1, -0.05) is 11.6 Å². The second kappa shape index (κ2) is 3.70. The summed E-state index contributed by atoms with van der Waals surface area (Å²) in [5.74, 6) is -0.993. The zero-order valence-electron chi connectivity index (χ0n) is 6.52. The van der Waals surface area contributed by atoms with Gasteiger partial charge in [-0.2, -0.15) is 13.2 Å². The third kappa shape index (κ3) is 2.33. The van der Waals surface area contributed by atoms with Gasteiger partial charge in [0.15, 0.2) is 6.10 Å². The van der Waals surface area contributed by atoms with Crippen LogP contribution in [0.25, 0.3) is 0 Å². The molecule has 0 radical (unpaired) electrons. The van der Waals surface area contributed by atoms with E-state index in [1.165, 1.54) is 0 Å². The molecule has 0 aliphatic heterocycles. The van der Waals surface area contributed by atoms with Crippen LogP contribution in [-0.2, 0) is 0 Å². The minimum atomic E-state index is -4.89. The van der Waals surface area contributed by atoms with Crippen molar-refractivity contribution in [3.8, 4) is 0 Å². The molecule has 1 rings (SSSR count). The fourth-order valence-electron chi connectivity index (χ4n) is 0.806. The number of aliphatic hydroxyl groups is 1. The lowest BCUT2D eigenvalue weighted by Crippen LogP contribution is -2.21. The third-order valence-electron chi connectivity index (χ3n) is 1.44. The van der Waals surface area contributed by atoms with E-state index in [1.807, 2.05) is 0 Å². The molecule has 0 amide bonds. The van der Waals surface area contributed by atoms with Crippen molar-refractivity contribution < 1.29 is 22.7 Å². The van der Waals surface area contributed by atoms with Gasteiger partial charge in [-0.05, 0) is 6.07 Å². The largest absolute Gasteiger partial charge is 0.418 e. The van der Waals surface area contributed by atoms with Gasteiger partial charge in [0.05, 0.1) is 6.20 Å². The summed E-state index contributed by atoms with van der Waals surface area (Å²) < 4.78 is 48.5. The molecule has 1 heterocycles. The molecule has 14 heavy (non-hydrogen) atoms. The summed E-state index contributed by atoms with van der Waals surface area (Å²) in [7, 11) is 0. The quantitative estimate of drug-likeness (QED) is 0.593. The van der Waals surface area contributed by atoms with Crippen molar-refractivity contribution in [2.75, 3.05) is 0 Å². The van der Waals surface area contributed by atoms with E-state index in [2.05, 4.69) is 4.98 Å². The van der Waals surface area contributed by atoms with Crippen LogP contribution >= 0.6 is 11.6 Å². The molecule has 2 nitrogen and oxygen atoms in total. The molecule has 0 saturated carbocycles. The molecular formula is C7H4ClF4NO. The molecule has 7 heteroatoms. The van der Waals surface area contributed by atoms with Crippen LogP contribution in [-0.4, -0.2) is 16.3 Å². The molecule has 1 N–H and O–H groups in total. The van der Waals surface area contributed by atoms with E-state index < -0.39 is 28.8 Å². The highest BCUT2D eigenvalue weighted by Crippen LogP contribution is 2.35. The predicted octanol–water partition coefficient (Wildman–Crippen LogP) is 2.47. The van der Waals surface area contributed by atoms with Gasteiger partial charge >= 0.3 is 6.18 Å². The molecule has 0 aromatic carbocycles. The second-order valence-electron chi connectivity index (χ2n) is 2.48. The van der Waals surface area contributed by atoms with Gasteiger partial charge in [0.1, 0.15) is 11.0 Å². The van der Waals surface area contributed by atoms with E-state index in [0.29, 0.717) is 12.3 Å². The summed E-state index contributed by atoms with van der Waals surface area (Å²) in [6.07, 6.45) is -7.05. The molecule has 78 valence electrons. The van der Waals surface area contributed by atoms with Gasteiger partial charge in [-0.3, -0.25) is 0 Å². The van der Waals surface area contributed by atoms with E-state index in [4.69, 9.17) is 16.7 Å². The average molecular weight is 230 g/mol. The molecule has 0 aliphatic carbocycles. The molecule has 0 spiro atoms. The van der Waals surface area contributed by atoms with Crippen LogP contribution in [0.2, 0.25) is 5.15 Å². The Balaban J connectivity index is 3.12. The van der Waals surface area contributed by atoms with Crippen molar-refractivity contribution in [1.29, 1.82) is 0 Å². The number of alkyl halides is 3. The lowest BCUT2D eigenvalue weighted by molar-refractivity contribution is -0.206. The lowest BCUT2D eigenvalue weighted by atomic mass is 10.1. The first-order chi connectivity index (χ1) is 6.32. The molecule has 0 saturated heterocycles. The summed E-state index contributed by atoms with van der Waals surface area (Å²) in [4.78, 5) is 3.14. The molecule has 0 aliphatic rings. The monoisotopic (exact) mass is 229 g/mol. The smallest absolute Gasteiger partial charge is 0.379 e. The first-order valence-electron chi connectivity index (χ1n) is 3.38. The maximum atomic E-state index is 12.5. The molecular weight excluding hydrogens is 226 g/mol. The Hall–Kier alpha value is -0.880. The minimum absolute atomic E-state index is 0.494. The number of aliphatic hydroxyl groups excluding tert-OH is 1. The van der Waals surface area contributed by atoms with E-state index >= 15 is 0 Å². The Labute approximate surface area is 81.1 Å². The van der Waals surface area contributed by atoms with Crippen LogP contribution in [0.5, 0.6) is 0 Å². The van der Waals surface area contributed by atoms with E-state index in [-0.39, 0.29) is 0 Å². The number of hydrogen-bond donors (Lipinski definition) is 1. The zero-order chi connectivity index (χ0) is 10.9. The molecule has 0 fully saturated rings. The molecule has 1 aromatic heterocycles. The molecule has 0 unspecified atom stereocenters. The number of rotatable bonds is 1. The summed E-state index contributed by atoms with van der Waals surface area (Å²) in [6, 6.07) is 0.494. The number of pyridine rings is 1. The zero-order valence-corrected chi connectivity index (χ0v) is 7.27. The first-order valence-corrected chi connectivity index (χ1v) is 3.76. The van der Waals surface area contributed by atoms with Crippen molar-refractivity contribution in [2.24, 2.45) is 0 Å². The van der Waals surface area contributed by atoms with E-state index in [9.17, 15) is 17.6 Å². The van der Waals surface area contributed by atoms with Crippen molar-refractivity contribution in [3.63, 3.8) is 0 Å². The minimum Gasteiger partial charge on any atom is -0.379 e. The van der Waals surface area contributed by atoms with E-state index in [1.54, 1.807) is 0 Å². The Morgan fingerprint density at radius 3 is 2.50 bits per heavy atom. The SMILES string of the molecule is O[C@@H](c1cc(F)cnc1Cl)C(F)(F)F. The fraction of sp³-hybridized carbons (Fsp3) is 0.286. The van der Waals surface area contributed by atoms with Gasteiger partial charge in [0.25, 0.3) is 0 Å². The number of hydrogen-bond acceptors (Lipinski definition) is 2. The normalized spacial score (nSPS) is 14.1. The van der Waals surface area contributed by atoms with Crippen molar-refractivity contribution in [3.05, 3.63) is 28.8 Å². The maximum Gasteiger partial charge on any atom is 0.418 e. The van der Waals surface area contributed by atoms with Crippen molar-refractivity contribution >= 4 is 11.6 Å². The van der Waals surface area contributed by atoms with E-state index in [0.717, 1.165) is 0 Å². The topological polar surface area (TPSA) is 33.1 Å². The predicted molar refractivity (Wildman–Crippen MR) is 40.2 cm³/mol. The molecule has 1 aromatic rings. The number of halogens is 5. The molecule has 0 bridgehead atoms. The standard InChI is InChI=1S/C7H4ClF4NO/c8-6-4(1-3(9)2-13-6)5(14)7(10,11)12/h1-2,5,14H/t5-/m0/s1. The first kappa shape index (κ1) is 11.2. The second-order valence-corrected chi connectivity index (χ2v) is 2.84. The van der Waals surface area contributed by atoms with Gasteiger partial charge in [0.2, 0.25) is 0 Å². The van der Waals surface area contributed by atoms with Gasteiger partial charge in [0, 0.05) is 5.56 Å². The van der Waals surface area contributed by atoms with Crippen LogP contribution in [0.1, 0.15) is 11.7 Å². The van der Waals surface area contributed by atoms with Gasteiger partial charge in [-0.25, -0.2) is 9.37 Å². The molecule has 1 atom stereocenters. The fourth-order valence-corrected chi connectivity index (χ4v) is 1.01. The maximum absolute atomic E-state index is 12.5. The van der Waals surface area contributed by atoms with Crippen LogP contribution < -0.4 is 0 Å². The van der Waals surface area contributed by atoms with Crippen molar-refractivity contribution in [1.82, 2.24) is 4.98 Å². The van der Waals surface area contributed by atoms with Gasteiger partial charge < -0.3 is 5.11 Å². The summed E-state index contributed by atoms with van der Waals surface area (Å²) >= 11 is 5.26. The summed E-state index contributed by atoms with van der Waals surface area (Å²) in [6.45, 7) is 0. The summed E-state index contributed by atoms with van der Waals surface area (Å²) in [5.41, 5.74) is -0.792. The van der Waals surface area contributed by atoms with Crippen LogP contribution in [0.3, 0.4) is 0 Å². The van der Waals surface area contributed by atoms with Gasteiger partial charge in [-0.15, -0.1) is 0 Å². The highest BCUT2D eigenvalue weighted by Gasteiger charge is 2.40. The van der Waals surface area contributed by atoms with Crippen molar-refractivity contribution in [2.45, 2.75) is 12.3 Å². The Bertz CT molecular complexity index is 341. The lowest BCUT2D eigenvalue weighted by Gasteiger charge is -2.15. The Morgan fingerprint density at radius 2 is 2.00 bits per heavy atom. The third-order valence-corrected chi connectivity index (χ3v) is 1.75. The average Bonchev–Trinajstić information content (AvgIpc) is 2.06.